The monoisotopic (exact) mass is 208 g/mol. The van der Waals surface area contributed by atoms with Crippen molar-refractivity contribution in [2.24, 2.45) is 5.73 Å². The van der Waals surface area contributed by atoms with Crippen LogP contribution in [0.5, 0.6) is 0 Å². The van der Waals surface area contributed by atoms with Crippen LogP contribution in [0.3, 0.4) is 0 Å². The molecular formula is C11H20N4. The van der Waals surface area contributed by atoms with Crippen molar-refractivity contribution in [2.75, 3.05) is 19.6 Å². The molecule has 0 saturated heterocycles. The van der Waals surface area contributed by atoms with Crippen LogP contribution in [0.15, 0.2) is 12.4 Å². The summed E-state index contributed by atoms with van der Waals surface area (Å²) in [5.74, 6) is 0.902. The molecule has 15 heavy (non-hydrogen) atoms. The number of nitrogens with zero attached hydrogens (tertiary/aromatic N) is 3. The van der Waals surface area contributed by atoms with Crippen molar-refractivity contribution in [1.82, 2.24) is 14.9 Å². The molecule has 1 aromatic heterocycles. The van der Waals surface area contributed by atoms with E-state index >= 15 is 0 Å². The minimum absolute atomic E-state index is 0.510. The zero-order valence-corrected chi connectivity index (χ0v) is 9.61. The quantitative estimate of drug-likeness (QED) is 0.752. The van der Waals surface area contributed by atoms with Crippen LogP contribution in [-0.2, 0) is 13.0 Å². The molecule has 1 aromatic rings. The number of rotatable bonds is 6. The maximum absolute atomic E-state index is 5.48. The average molecular weight is 208 g/mol. The van der Waals surface area contributed by atoms with Gasteiger partial charge in [-0.1, -0.05) is 13.8 Å². The number of likely N-dealkylation sites (N-methyl/N-ethyl adjacent to an activating group) is 1. The molecule has 0 aliphatic heterocycles. The predicted octanol–water partition coefficient (Wildman–Crippen LogP) is 0.820. The second-order valence-electron chi connectivity index (χ2n) is 3.49. The third-order valence-corrected chi connectivity index (χ3v) is 2.54. The summed E-state index contributed by atoms with van der Waals surface area (Å²) in [4.78, 5) is 10.9. The Morgan fingerprint density at radius 2 is 1.80 bits per heavy atom. The number of nitrogens with two attached hydrogens (primary N) is 1. The average Bonchev–Trinajstić information content (AvgIpc) is 2.31. The Hall–Kier alpha value is -1.00. The highest BCUT2D eigenvalue weighted by Crippen LogP contribution is 1.97. The van der Waals surface area contributed by atoms with E-state index in [0.717, 1.165) is 37.4 Å². The van der Waals surface area contributed by atoms with E-state index in [9.17, 15) is 0 Å². The molecule has 0 bridgehead atoms. The van der Waals surface area contributed by atoms with Crippen LogP contribution in [-0.4, -0.2) is 34.5 Å². The Bertz CT molecular complexity index is 266. The Morgan fingerprint density at radius 1 is 1.20 bits per heavy atom. The van der Waals surface area contributed by atoms with Crippen LogP contribution in [0.25, 0.3) is 0 Å². The van der Waals surface area contributed by atoms with E-state index in [2.05, 4.69) is 28.7 Å². The van der Waals surface area contributed by atoms with Gasteiger partial charge in [-0.05, 0) is 13.1 Å². The molecular weight excluding hydrogens is 188 g/mol. The molecule has 1 heterocycles. The van der Waals surface area contributed by atoms with Crippen molar-refractivity contribution >= 4 is 0 Å². The fourth-order valence-corrected chi connectivity index (χ4v) is 1.41. The summed E-state index contributed by atoms with van der Waals surface area (Å²) in [6.07, 6.45) is 4.53. The summed E-state index contributed by atoms with van der Waals surface area (Å²) >= 11 is 0. The lowest BCUT2D eigenvalue weighted by atomic mass is 10.3. The van der Waals surface area contributed by atoms with E-state index in [1.165, 1.54) is 0 Å². The lowest BCUT2D eigenvalue weighted by molar-refractivity contribution is 0.305. The van der Waals surface area contributed by atoms with Crippen LogP contribution in [0.2, 0.25) is 0 Å². The first-order chi connectivity index (χ1) is 7.30. The first-order valence-electron chi connectivity index (χ1n) is 5.52. The Balaban J connectivity index is 2.43. The van der Waals surface area contributed by atoms with Gasteiger partial charge in [-0.25, -0.2) is 9.97 Å². The van der Waals surface area contributed by atoms with Gasteiger partial charge in [0.2, 0.25) is 0 Å². The standard InChI is InChI=1S/C11H20N4/c1-3-15(4-2)6-5-11-13-8-10(7-12)9-14-11/h8-9H,3-7,12H2,1-2H3. The Kier molecular flexibility index (Phi) is 5.21. The summed E-state index contributed by atoms with van der Waals surface area (Å²) in [5.41, 5.74) is 6.46. The van der Waals surface area contributed by atoms with Gasteiger partial charge in [0.1, 0.15) is 5.82 Å². The molecule has 4 nitrogen and oxygen atoms in total. The summed E-state index contributed by atoms with van der Waals surface area (Å²) < 4.78 is 0. The molecule has 0 atom stereocenters. The molecule has 2 N–H and O–H groups in total. The highest BCUT2D eigenvalue weighted by atomic mass is 15.1. The van der Waals surface area contributed by atoms with Crippen molar-refractivity contribution in [3.05, 3.63) is 23.8 Å². The molecule has 4 heteroatoms. The summed E-state index contributed by atoms with van der Waals surface area (Å²) in [5, 5.41) is 0. The molecule has 0 fully saturated rings. The van der Waals surface area contributed by atoms with E-state index in [4.69, 9.17) is 5.73 Å². The van der Waals surface area contributed by atoms with Crippen molar-refractivity contribution in [3.63, 3.8) is 0 Å². The Morgan fingerprint density at radius 3 is 2.27 bits per heavy atom. The third-order valence-electron chi connectivity index (χ3n) is 2.54. The molecule has 0 radical (unpaired) electrons. The lowest BCUT2D eigenvalue weighted by Crippen LogP contribution is -2.25. The van der Waals surface area contributed by atoms with Gasteiger partial charge in [0.25, 0.3) is 0 Å². The second-order valence-corrected chi connectivity index (χ2v) is 3.49. The van der Waals surface area contributed by atoms with Crippen LogP contribution < -0.4 is 5.73 Å². The predicted molar refractivity (Wildman–Crippen MR) is 61.4 cm³/mol. The molecule has 0 unspecified atom stereocenters. The summed E-state index contributed by atoms with van der Waals surface area (Å²) in [6.45, 7) is 8.03. The van der Waals surface area contributed by atoms with Gasteiger partial charge in [-0.15, -0.1) is 0 Å². The maximum Gasteiger partial charge on any atom is 0.129 e. The van der Waals surface area contributed by atoms with E-state index < -0.39 is 0 Å². The molecule has 0 amide bonds. The smallest absolute Gasteiger partial charge is 0.129 e. The van der Waals surface area contributed by atoms with Crippen molar-refractivity contribution in [3.8, 4) is 0 Å². The van der Waals surface area contributed by atoms with E-state index in [-0.39, 0.29) is 0 Å². The number of aromatic nitrogens is 2. The largest absolute Gasteiger partial charge is 0.326 e. The number of hydrogen-bond donors (Lipinski definition) is 1. The highest BCUT2D eigenvalue weighted by molar-refractivity contribution is 5.04. The fourth-order valence-electron chi connectivity index (χ4n) is 1.41. The van der Waals surface area contributed by atoms with E-state index in [0.29, 0.717) is 6.54 Å². The first kappa shape index (κ1) is 12.1. The van der Waals surface area contributed by atoms with Gasteiger partial charge in [-0.2, -0.15) is 0 Å². The summed E-state index contributed by atoms with van der Waals surface area (Å²) in [7, 11) is 0. The van der Waals surface area contributed by atoms with Gasteiger partial charge < -0.3 is 10.6 Å². The summed E-state index contributed by atoms with van der Waals surface area (Å²) in [6, 6.07) is 0. The van der Waals surface area contributed by atoms with Gasteiger partial charge in [-0.3, -0.25) is 0 Å². The zero-order valence-electron chi connectivity index (χ0n) is 9.61. The highest BCUT2D eigenvalue weighted by Gasteiger charge is 2.01. The van der Waals surface area contributed by atoms with Crippen molar-refractivity contribution in [2.45, 2.75) is 26.8 Å². The molecule has 0 aliphatic carbocycles. The van der Waals surface area contributed by atoms with Gasteiger partial charge >= 0.3 is 0 Å². The van der Waals surface area contributed by atoms with Gasteiger partial charge in [0, 0.05) is 37.5 Å². The normalized spacial score (nSPS) is 10.9. The Labute approximate surface area is 91.5 Å². The minimum Gasteiger partial charge on any atom is -0.326 e. The van der Waals surface area contributed by atoms with Crippen molar-refractivity contribution < 1.29 is 0 Å². The lowest BCUT2D eigenvalue weighted by Gasteiger charge is -2.16. The maximum atomic E-state index is 5.48. The second kappa shape index (κ2) is 6.48. The molecule has 0 spiro atoms. The van der Waals surface area contributed by atoms with Crippen LogP contribution in [0.1, 0.15) is 25.2 Å². The molecule has 0 saturated carbocycles. The van der Waals surface area contributed by atoms with Gasteiger partial charge in [0.15, 0.2) is 0 Å². The van der Waals surface area contributed by atoms with Crippen LogP contribution in [0.4, 0.5) is 0 Å². The topological polar surface area (TPSA) is 55.0 Å². The molecule has 0 aromatic carbocycles. The zero-order chi connectivity index (χ0) is 11.1. The molecule has 1 rings (SSSR count). The van der Waals surface area contributed by atoms with Gasteiger partial charge in [0.05, 0.1) is 0 Å². The minimum atomic E-state index is 0.510. The third kappa shape index (κ3) is 3.93. The fraction of sp³-hybridized carbons (Fsp3) is 0.636. The first-order valence-corrected chi connectivity index (χ1v) is 5.52. The van der Waals surface area contributed by atoms with Crippen LogP contribution in [0, 0.1) is 0 Å². The number of hydrogen-bond acceptors (Lipinski definition) is 4. The molecule has 0 aliphatic rings. The SMILES string of the molecule is CCN(CC)CCc1ncc(CN)cn1. The molecule has 84 valence electrons. The van der Waals surface area contributed by atoms with Crippen molar-refractivity contribution in [1.29, 1.82) is 0 Å². The van der Waals surface area contributed by atoms with Crippen LogP contribution >= 0.6 is 0 Å². The van der Waals surface area contributed by atoms with E-state index in [1.54, 1.807) is 0 Å². The van der Waals surface area contributed by atoms with E-state index in [1.807, 2.05) is 12.4 Å².